The smallest absolute Gasteiger partial charge is 0.222 e. The molecule has 30 heavy (non-hydrogen) atoms. The van der Waals surface area contributed by atoms with Gasteiger partial charge in [-0.1, -0.05) is 6.92 Å². The van der Waals surface area contributed by atoms with Crippen LogP contribution in [-0.2, 0) is 9.53 Å². The fraction of sp³-hybridized carbons (Fsp3) is 0.565. The maximum atomic E-state index is 12.1. The lowest BCUT2D eigenvalue weighted by atomic mass is 9.92. The second-order valence-corrected chi connectivity index (χ2v) is 8.29. The van der Waals surface area contributed by atoms with E-state index in [9.17, 15) is 4.79 Å². The second-order valence-electron chi connectivity index (χ2n) is 8.29. The minimum Gasteiger partial charge on any atom is -0.377 e. The fourth-order valence-electron chi connectivity index (χ4n) is 4.34. The van der Waals surface area contributed by atoms with E-state index in [-0.39, 0.29) is 11.9 Å². The zero-order chi connectivity index (χ0) is 21.1. The molecular formula is C23H31N5O2. The normalized spacial score (nSPS) is 20.4. The number of likely N-dealkylation sites (tertiary alicyclic amines) is 1. The first-order chi connectivity index (χ1) is 14.5. The zero-order valence-corrected chi connectivity index (χ0v) is 18.2. The quantitative estimate of drug-likeness (QED) is 0.772. The number of carbonyl (C=O) groups is 1. The summed E-state index contributed by atoms with van der Waals surface area (Å²) in [5.74, 6) is 2.30. The molecule has 4 heterocycles. The molecule has 2 aliphatic heterocycles. The highest BCUT2D eigenvalue weighted by Gasteiger charge is 2.27. The first-order valence-electron chi connectivity index (χ1n) is 11.0. The summed E-state index contributed by atoms with van der Waals surface area (Å²) in [6.07, 6.45) is 4.26. The van der Waals surface area contributed by atoms with Crippen molar-refractivity contribution in [2.75, 3.05) is 37.7 Å². The van der Waals surface area contributed by atoms with Gasteiger partial charge >= 0.3 is 0 Å². The lowest BCUT2D eigenvalue weighted by molar-refractivity contribution is -0.131. The van der Waals surface area contributed by atoms with Gasteiger partial charge in [-0.2, -0.15) is 0 Å². The van der Waals surface area contributed by atoms with Gasteiger partial charge in [0.1, 0.15) is 5.82 Å². The maximum absolute atomic E-state index is 12.1. The first kappa shape index (κ1) is 20.7. The number of piperidine rings is 1. The average Bonchev–Trinajstić information content (AvgIpc) is 2.78. The molecular weight excluding hydrogens is 378 g/mol. The van der Waals surface area contributed by atoms with Crippen LogP contribution < -0.4 is 4.90 Å². The van der Waals surface area contributed by atoms with Crippen LogP contribution in [0.2, 0.25) is 0 Å². The van der Waals surface area contributed by atoms with E-state index in [1.165, 1.54) is 0 Å². The average molecular weight is 410 g/mol. The van der Waals surface area contributed by atoms with Crippen LogP contribution in [0.4, 0.5) is 5.82 Å². The maximum Gasteiger partial charge on any atom is 0.222 e. The second kappa shape index (κ2) is 9.08. The predicted molar refractivity (Wildman–Crippen MR) is 116 cm³/mol. The largest absolute Gasteiger partial charge is 0.377 e. The molecule has 0 unspecified atom stereocenters. The number of aryl methyl sites for hydroxylation is 1. The van der Waals surface area contributed by atoms with Crippen molar-refractivity contribution in [2.45, 2.75) is 52.0 Å². The SMILES string of the molecule is CCC(=O)N1CCC(c2cc(N3CCOC[C@H]3C)nc(-c3ccnc(C)c3)n2)CC1. The summed E-state index contributed by atoms with van der Waals surface area (Å²) in [5.41, 5.74) is 3.02. The van der Waals surface area contributed by atoms with Gasteiger partial charge in [0.05, 0.1) is 19.3 Å². The summed E-state index contributed by atoms with van der Waals surface area (Å²) in [5, 5.41) is 0. The van der Waals surface area contributed by atoms with Crippen LogP contribution in [0.1, 0.15) is 50.4 Å². The summed E-state index contributed by atoms with van der Waals surface area (Å²) in [7, 11) is 0. The molecule has 0 saturated carbocycles. The number of carbonyl (C=O) groups excluding carboxylic acids is 1. The Morgan fingerprint density at radius 2 is 2.00 bits per heavy atom. The Bertz CT molecular complexity index is 895. The predicted octanol–water partition coefficient (Wildman–Crippen LogP) is 3.19. The van der Waals surface area contributed by atoms with Gasteiger partial charge in [-0.25, -0.2) is 9.97 Å². The summed E-state index contributed by atoms with van der Waals surface area (Å²) >= 11 is 0. The third-order valence-corrected chi connectivity index (χ3v) is 6.12. The van der Waals surface area contributed by atoms with Gasteiger partial charge in [-0.05, 0) is 38.8 Å². The van der Waals surface area contributed by atoms with Crippen molar-refractivity contribution in [1.29, 1.82) is 0 Å². The van der Waals surface area contributed by atoms with Crippen LogP contribution in [0, 0.1) is 6.92 Å². The number of amides is 1. The van der Waals surface area contributed by atoms with Gasteiger partial charge in [0, 0.05) is 61.2 Å². The van der Waals surface area contributed by atoms with Crippen molar-refractivity contribution < 1.29 is 9.53 Å². The van der Waals surface area contributed by atoms with Crippen molar-refractivity contribution in [3.63, 3.8) is 0 Å². The number of hydrogen-bond acceptors (Lipinski definition) is 6. The van der Waals surface area contributed by atoms with Crippen LogP contribution in [0.25, 0.3) is 11.4 Å². The minimum absolute atomic E-state index is 0.243. The zero-order valence-electron chi connectivity index (χ0n) is 18.2. The minimum atomic E-state index is 0.243. The van der Waals surface area contributed by atoms with Crippen molar-refractivity contribution in [3.05, 3.63) is 35.8 Å². The Kier molecular flexibility index (Phi) is 6.27. The van der Waals surface area contributed by atoms with Gasteiger partial charge in [0.2, 0.25) is 5.91 Å². The highest BCUT2D eigenvalue weighted by molar-refractivity contribution is 5.75. The Hall–Kier alpha value is -2.54. The van der Waals surface area contributed by atoms with E-state index >= 15 is 0 Å². The van der Waals surface area contributed by atoms with E-state index in [4.69, 9.17) is 14.7 Å². The summed E-state index contributed by atoms with van der Waals surface area (Å²) in [6.45, 7) is 9.94. The molecule has 2 aromatic rings. The van der Waals surface area contributed by atoms with Crippen LogP contribution in [-0.4, -0.2) is 64.6 Å². The molecule has 160 valence electrons. The number of nitrogens with zero attached hydrogens (tertiary/aromatic N) is 5. The fourth-order valence-corrected chi connectivity index (χ4v) is 4.34. The van der Waals surface area contributed by atoms with Crippen molar-refractivity contribution in [3.8, 4) is 11.4 Å². The summed E-state index contributed by atoms with van der Waals surface area (Å²) in [4.78, 5) is 30.6. The molecule has 0 bridgehead atoms. The van der Waals surface area contributed by atoms with E-state index in [2.05, 4.69) is 22.9 Å². The molecule has 0 N–H and O–H groups in total. The third kappa shape index (κ3) is 4.46. The van der Waals surface area contributed by atoms with E-state index in [0.717, 1.165) is 61.1 Å². The van der Waals surface area contributed by atoms with Crippen LogP contribution >= 0.6 is 0 Å². The van der Waals surface area contributed by atoms with E-state index < -0.39 is 0 Å². The van der Waals surface area contributed by atoms with Crippen LogP contribution in [0.15, 0.2) is 24.4 Å². The lowest BCUT2D eigenvalue weighted by Crippen LogP contribution is -2.44. The van der Waals surface area contributed by atoms with Crippen LogP contribution in [0.3, 0.4) is 0 Å². The number of aromatic nitrogens is 3. The molecule has 2 fully saturated rings. The lowest BCUT2D eigenvalue weighted by Gasteiger charge is -2.35. The van der Waals surface area contributed by atoms with Gasteiger partial charge in [0.15, 0.2) is 5.82 Å². The molecule has 4 rings (SSSR count). The Labute approximate surface area is 178 Å². The first-order valence-corrected chi connectivity index (χ1v) is 11.0. The Morgan fingerprint density at radius 1 is 1.20 bits per heavy atom. The van der Waals surface area contributed by atoms with Gasteiger partial charge in [0.25, 0.3) is 0 Å². The van der Waals surface area contributed by atoms with E-state index in [1.54, 1.807) is 0 Å². The highest BCUT2D eigenvalue weighted by Crippen LogP contribution is 2.31. The van der Waals surface area contributed by atoms with E-state index in [0.29, 0.717) is 25.6 Å². The molecule has 7 nitrogen and oxygen atoms in total. The third-order valence-electron chi connectivity index (χ3n) is 6.12. The highest BCUT2D eigenvalue weighted by atomic mass is 16.5. The molecule has 0 aliphatic carbocycles. The van der Waals surface area contributed by atoms with Crippen LogP contribution in [0.5, 0.6) is 0 Å². The topological polar surface area (TPSA) is 71.5 Å². The van der Waals surface area contributed by atoms with Crippen molar-refractivity contribution in [2.24, 2.45) is 0 Å². The molecule has 1 amide bonds. The molecule has 0 spiro atoms. The number of pyridine rings is 1. The molecule has 1 atom stereocenters. The van der Waals surface area contributed by atoms with Gasteiger partial charge in [-0.15, -0.1) is 0 Å². The molecule has 2 saturated heterocycles. The standard InChI is InChI=1S/C23H31N5O2/c1-4-22(29)27-9-6-18(7-10-27)20-14-21(28-11-12-30-15-17(28)3)26-23(25-20)19-5-8-24-16(2)13-19/h5,8,13-14,17-18H,4,6-7,9-12,15H2,1-3H3/t17-/m1/s1. The van der Waals surface area contributed by atoms with Gasteiger partial charge in [-0.3, -0.25) is 9.78 Å². The molecule has 0 aromatic carbocycles. The Morgan fingerprint density at radius 3 is 2.70 bits per heavy atom. The monoisotopic (exact) mass is 409 g/mol. The number of ether oxygens (including phenoxy) is 1. The molecule has 0 radical (unpaired) electrons. The van der Waals surface area contributed by atoms with Gasteiger partial charge < -0.3 is 14.5 Å². The number of rotatable bonds is 4. The molecule has 7 heteroatoms. The van der Waals surface area contributed by atoms with Crippen molar-refractivity contribution >= 4 is 11.7 Å². The van der Waals surface area contributed by atoms with Crippen molar-refractivity contribution in [1.82, 2.24) is 19.9 Å². The number of morpholine rings is 1. The number of hydrogen-bond donors (Lipinski definition) is 0. The molecule has 2 aromatic heterocycles. The number of anilines is 1. The summed E-state index contributed by atoms with van der Waals surface area (Å²) in [6, 6.07) is 6.44. The van der Waals surface area contributed by atoms with E-state index in [1.807, 2.05) is 37.1 Å². The Balaban J connectivity index is 1.66. The summed E-state index contributed by atoms with van der Waals surface area (Å²) < 4.78 is 5.62. The molecule has 2 aliphatic rings.